The molecule has 1 aliphatic carbocycles. The molecule has 2 aliphatic rings. The summed E-state index contributed by atoms with van der Waals surface area (Å²) in [7, 11) is 1.32. The van der Waals surface area contributed by atoms with Gasteiger partial charge in [-0.2, -0.15) is 13.2 Å². The normalized spacial score (nSPS) is 23.2. The second-order valence-electron chi connectivity index (χ2n) is 7.89. The van der Waals surface area contributed by atoms with E-state index in [2.05, 4.69) is 5.32 Å². The van der Waals surface area contributed by atoms with Gasteiger partial charge in [-0.15, -0.1) is 0 Å². The van der Waals surface area contributed by atoms with Crippen LogP contribution in [0.2, 0.25) is 0 Å². The van der Waals surface area contributed by atoms with E-state index in [1.807, 2.05) is 0 Å². The topological polar surface area (TPSA) is 125 Å². The average molecular weight is 486 g/mol. The maximum Gasteiger partial charge on any atom is 0.406 e. The Hall–Kier alpha value is -3.12. The van der Waals surface area contributed by atoms with Crippen LogP contribution in [0.5, 0.6) is 11.5 Å². The number of aliphatic hydroxyl groups excluding tert-OH is 2. The Morgan fingerprint density at radius 2 is 2.03 bits per heavy atom. The van der Waals surface area contributed by atoms with E-state index >= 15 is 0 Å². The molecule has 1 heterocycles. The number of aldehydes is 1. The molecule has 4 atom stereocenters. The number of methoxy groups -OCH3 is 1. The van der Waals surface area contributed by atoms with Crippen molar-refractivity contribution in [3.63, 3.8) is 0 Å². The smallest absolute Gasteiger partial charge is 0.406 e. The highest BCUT2D eigenvalue weighted by molar-refractivity contribution is 5.96. The van der Waals surface area contributed by atoms with Crippen molar-refractivity contribution in [3.05, 3.63) is 34.9 Å². The number of halogens is 3. The summed E-state index contributed by atoms with van der Waals surface area (Å²) in [5.41, 5.74) is 0.471. The van der Waals surface area contributed by atoms with Crippen molar-refractivity contribution in [1.82, 2.24) is 10.2 Å². The molecule has 0 saturated carbocycles. The van der Waals surface area contributed by atoms with Gasteiger partial charge in [0.15, 0.2) is 11.5 Å². The lowest BCUT2D eigenvalue weighted by molar-refractivity contribution is -0.170. The van der Waals surface area contributed by atoms with E-state index in [4.69, 9.17) is 14.6 Å². The Balaban J connectivity index is 2.15. The number of fused-ring (bicyclic) bond motifs is 3. The number of carbonyl (C=O) groups excluding carboxylic acids is 3. The lowest BCUT2D eigenvalue weighted by atomic mass is 9.77. The number of rotatable bonds is 8. The fraction of sp³-hybridized carbons (Fsp3) is 0.500. The van der Waals surface area contributed by atoms with Crippen molar-refractivity contribution in [2.45, 2.75) is 43.7 Å². The van der Waals surface area contributed by atoms with Gasteiger partial charge in [-0.3, -0.25) is 14.4 Å². The lowest BCUT2D eigenvalue weighted by Gasteiger charge is -2.40. The molecule has 0 bridgehead atoms. The first-order chi connectivity index (χ1) is 16.1. The molecule has 1 aromatic carbocycles. The third-order valence-corrected chi connectivity index (χ3v) is 5.74. The highest BCUT2D eigenvalue weighted by Crippen LogP contribution is 2.51. The van der Waals surface area contributed by atoms with E-state index < -0.39 is 48.7 Å². The van der Waals surface area contributed by atoms with Gasteiger partial charge in [0, 0.05) is 29.7 Å². The number of amides is 2. The van der Waals surface area contributed by atoms with Crippen molar-refractivity contribution in [2.24, 2.45) is 0 Å². The highest BCUT2D eigenvalue weighted by Gasteiger charge is 2.52. The van der Waals surface area contributed by atoms with Gasteiger partial charge in [0.2, 0.25) is 11.8 Å². The van der Waals surface area contributed by atoms with Crippen molar-refractivity contribution in [1.29, 1.82) is 0 Å². The van der Waals surface area contributed by atoms with E-state index in [1.165, 1.54) is 26.2 Å². The predicted octanol–water partition coefficient (Wildman–Crippen LogP) is 0.931. The SMILES string of the molecule is CCC(=O)N(CC(F)(F)F)[C@@H]1C=C(C(=O)NCCO)[C@@H]2c3cc(C=O)cc(OC)c3O[C@@H]2[C@H]1O. The molecule has 34 heavy (non-hydrogen) atoms. The van der Waals surface area contributed by atoms with Gasteiger partial charge in [-0.1, -0.05) is 6.92 Å². The molecule has 0 spiro atoms. The molecule has 0 radical (unpaired) electrons. The molecule has 0 fully saturated rings. The zero-order valence-corrected chi connectivity index (χ0v) is 18.5. The maximum absolute atomic E-state index is 13.3. The number of alkyl halides is 3. The quantitative estimate of drug-likeness (QED) is 0.467. The number of carbonyl (C=O) groups is 3. The summed E-state index contributed by atoms with van der Waals surface area (Å²) in [6.07, 6.45) is -6.21. The molecule has 12 heteroatoms. The summed E-state index contributed by atoms with van der Waals surface area (Å²) >= 11 is 0. The second-order valence-corrected chi connectivity index (χ2v) is 7.89. The monoisotopic (exact) mass is 486 g/mol. The van der Waals surface area contributed by atoms with Crippen molar-refractivity contribution >= 4 is 18.1 Å². The zero-order chi connectivity index (χ0) is 25.2. The minimum atomic E-state index is -4.75. The van der Waals surface area contributed by atoms with Gasteiger partial charge < -0.3 is 29.9 Å². The fourth-order valence-electron chi connectivity index (χ4n) is 4.31. The van der Waals surface area contributed by atoms with Crippen LogP contribution in [0.15, 0.2) is 23.8 Å². The van der Waals surface area contributed by atoms with Crippen molar-refractivity contribution in [2.75, 3.05) is 26.8 Å². The molecule has 9 nitrogen and oxygen atoms in total. The van der Waals surface area contributed by atoms with Crippen LogP contribution in [0.1, 0.15) is 35.2 Å². The fourth-order valence-corrected chi connectivity index (χ4v) is 4.31. The molecular weight excluding hydrogens is 461 g/mol. The van der Waals surface area contributed by atoms with Crippen LogP contribution in [-0.2, 0) is 9.59 Å². The summed E-state index contributed by atoms with van der Waals surface area (Å²) in [6.45, 7) is -0.765. The molecule has 1 aromatic rings. The number of benzene rings is 1. The van der Waals surface area contributed by atoms with E-state index in [-0.39, 0.29) is 42.2 Å². The third kappa shape index (κ3) is 4.87. The third-order valence-electron chi connectivity index (χ3n) is 5.74. The predicted molar refractivity (Wildman–Crippen MR) is 112 cm³/mol. The number of hydrogen-bond donors (Lipinski definition) is 3. The summed E-state index contributed by atoms with van der Waals surface area (Å²) < 4.78 is 51.0. The van der Waals surface area contributed by atoms with E-state index in [9.17, 15) is 32.7 Å². The minimum absolute atomic E-state index is 0.0614. The van der Waals surface area contributed by atoms with Crippen molar-refractivity contribution in [3.8, 4) is 11.5 Å². The Morgan fingerprint density at radius 1 is 1.32 bits per heavy atom. The number of ether oxygens (including phenoxy) is 2. The Morgan fingerprint density at radius 3 is 2.59 bits per heavy atom. The number of aliphatic hydroxyl groups is 2. The van der Waals surface area contributed by atoms with Crippen LogP contribution >= 0.6 is 0 Å². The first kappa shape index (κ1) is 25.5. The number of nitrogens with one attached hydrogen (secondary N) is 1. The van der Waals surface area contributed by atoms with Gasteiger partial charge in [-0.25, -0.2) is 0 Å². The van der Waals surface area contributed by atoms with Crippen LogP contribution in [0.4, 0.5) is 13.2 Å². The molecule has 0 saturated heterocycles. The summed E-state index contributed by atoms with van der Waals surface area (Å²) in [6, 6.07) is 1.32. The van der Waals surface area contributed by atoms with E-state index in [1.54, 1.807) is 0 Å². The Kier molecular flexibility index (Phi) is 7.51. The molecule has 3 rings (SSSR count). The van der Waals surface area contributed by atoms with Crippen LogP contribution in [0.3, 0.4) is 0 Å². The van der Waals surface area contributed by atoms with Gasteiger partial charge in [0.05, 0.1) is 25.7 Å². The minimum Gasteiger partial charge on any atom is -0.493 e. The molecule has 3 N–H and O–H groups in total. The van der Waals surface area contributed by atoms with Gasteiger partial charge in [-0.05, 0) is 18.2 Å². The Labute approximate surface area is 193 Å². The Bertz CT molecular complexity index is 995. The molecule has 0 unspecified atom stereocenters. The highest BCUT2D eigenvalue weighted by atomic mass is 19.4. The van der Waals surface area contributed by atoms with Crippen LogP contribution in [0, 0.1) is 0 Å². The second kappa shape index (κ2) is 10.0. The first-order valence-electron chi connectivity index (χ1n) is 10.5. The molecule has 0 aromatic heterocycles. The van der Waals surface area contributed by atoms with Crippen molar-refractivity contribution < 1.29 is 47.2 Å². The summed E-state index contributed by atoms with van der Waals surface area (Å²) in [4.78, 5) is 37.3. The zero-order valence-electron chi connectivity index (χ0n) is 18.5. The lowest BCUT2D eigenvalue weighted by Crippen LogP contribution is -2.57. The van der Waals surface area contributed by atoms with Gasteiger partial charge >= 0.3 is 6.18 Å². The van der Waals surface area contributed by atoms with Crippen LogP contribution in [0.25, 0.3) is 0 Å². The number of hydrogen-bond acceptors (Lipinski definition) is 7. The first-order valence-corrected chi connectivity index (χ1v) is 10.5. The average Bonchev–Trinajstić information content (AvgIpc) is 3.19. The molecule has 186 valence electrons. The number of nitrogens with zero attached hydrogens (tertiary/aromatic N) is 1. The standard InChI is InChI=1S/C22H25F3N2O7/c1-3-16(30)27(10-22(23,24)25)14-8-13(21(32)26-4-5-28)17-12-6-11(9-29)7-15(33-2)19(12)34-20(17)18(14)31/h6-9,14,17-18,20,28,31H,3-5,10H2,1-2H3,(H,26,32)/t14-,17+,18+,20+/m1/s1. The molecule has 2 amide bonds. The van der Waals surface area contributed by atoms with Gasteiger partial charge in [0.1, 0.15) is 25.0 Å². The summed E-state index contributed by atoms with van der Waals surface area (Å²) in [5, 5.41) is 22.6. The van der Waals surface area contributed by atoms with Crippen LogP contribution < -0.4 is 14.8 Å². The van der Waals surface area contributed by atoms with E-state index in [0.717, 1.165) is 6.08 Å². The summed E-state index contributed by atoms with van der Waals surface area (Å²) in [5.74, 6) is -2.28. The molecular formula is C22H25F3N2O7. The van der Waals surface area contributed by atoms with E-state index in [0.29, 0.717) is 16.7 Å². The maximum atomic E-state index is 13.3. The van der Waals surface area contributed by atoms with Crippen LogP contribution in [-0.4, -0.2) is 84.4 Å². The van der Waals surface area contributed by atoms with Gasteiger partial charge in [0.25, 0.3) is 0 Å². The largest absolute Gasteiger partial charge is 0.493 e. The molecule has 1 aliphatic heterocycles.